The summed E-state index contributed by atoms with van der Waals surface area (Å²) in [6.45, 7) is 16.2. The fraction of sp³-hybridized carbons (Fsp3) is 0.667. The Morgan fingerprint density at radius 1 is 1.33 bits per heavy atom. The van der Waals surface area contributed by atoms with Gasteiger partial charge in [0.1, 0.15) is 18.5 Å². The van der Waals surface area contributed by atoms with Gasteiger partial charge in [0.05, 0.1) is 0 Å². The van der Waals surface area contributed by atoms with E-state index in [1.807, 2.05) is 6.92 Å². The number of hydrogen-bond donors (Lipinski definition) is 1. The van der Waals surface area contributed by atoms with Crippen molar-refractivity contribution in [3.63, 3.8) is 0 Å². The van der Waals surface area contributed by atoms with Crippen LogP contribution in [0.5, 0.6) is 0 Å². The number of allylic oxidation sites excluding steroid dienone is 1. The molecular formula is C12H23NO2. The lowest BCUT2D eigenvalue weighted by Gasteiger charge is -2.22. The zero-order valence-corrected chi connectivity index (χ0v) is 10.1. The average molecular weight is 213 g/mol. The van der Waals surface area contributed by atoms with E-state index in [-0.39, 0.29) is 6.61 Å². The molecular weight excluding hydrogens is 190 g/mol. The maximum Gasteiger partial charge on any atom is 0.115 e. The summed E-state index contributed by atoms with van der Waals surface area (Å²) in [5.41, 5.74) is 0.796. The summed E-state index contributed by atoms with van der Waals surface area (Å²) in [4.78, 5) is 2.15. The number of likely N-dealkylation sites (N-methyl/N-ethyl adjacent to an activating group) is 1. The van der Waals surface area contributed by atoms with Crippen LogP contribution < -0.4 is 0 Å². The third-order valence-corrected chi connectivity index (χ3v) is 2.29. The Morgan fingerprint density at radius 2 is 1.87 bits per heavy atom. The molecule has 0 aliphatic heterocycles. The largest absolute Gasteiger partial charge is 0.491 e. The molecule has 0 radical (unpaired) electrons. The molecule has 1 unspecified atom stereocenters. The van der Waals surface area contributed by atoms with E-state index >= 15 is 0 Å². The molecule has 0 aromatic carbocycles. The van der Waals surface area contributed by atoms with E-state index in [4.69, 9.17) is 4.74 Å². The Kier molecular flexibility index (Phi) is 7.09. The lowest BCUT2D eigenvalue weighted by atomic mass is 10.3. The molecule has 15 heavy (non-hydrogen) atoms. The molecule has 1 atom stereocenters. The quantitative estimate of drug-likeness (QED) is 0.493. The van der Waals surface area contributed by atoms with Gasteiger partial charge in [0.2, 0.25) is 0 Å². The first-order chi connectivity index (χ1) is 7.01. The van der Waals surface area contributed by atoms with Gasteiger partial charge in [0, 0.05) is 6.54 Å². The first-order valence-corrected chi connectivity index (χ1v) is 5.39. The average Bonchev–Trinajstić information content (AvgIpc) is 2.22. The second-order valence-electron chi connectivity index (χ2n) is 3.65. The highest BCUT2D eigenvalue weighted by Gasteiger charge is 2.09. The van der Waals surface area contributed by atoms with Gasteiger partial charge in [0.25, 0.3) is 0 Å². The molecule has 0 fully saturated rings. The Hall–Kier alpha value is -0.800. The third kappa shape index (κ3) is 6.31. The van der Waals surface area contributed by atoms with E-state index < -0.39 is 6.10 Å². The van der Waals surface area contributed by atoms with Crippen molar-refractivity contribution < 1.29 is 9.84 Å². The molecule has 0 heterocycles. The Morgan fingerprint density at radius 3 is 2.27 bits per heavy atom. The van der Waals surface area contributed by atoms with Crippen LogP contribution in [-0.2, 0) is 4.74 Å². The number of aliphatic hydroxyl groups is 1. The maximum atomic E-state index is 9.68. The summed E-state index contributed by atoms with van der Waals surface area (Å²) in [6, 6.07) is 0. The van der Waals surface area contributed by atoms with Crippen molar-refractivity contribution in [2.75, 3.05) is 26.2 Å². The van der Waals surface area contributed by atoms with E-state index in [0.29, 0.717) is 12.3 Å². The predicted octanol–water partition coefficient (Wildman–Crippen LogP) is 1.80. The summed E-state index contributed by atoms with van der Waals surface area (Å²) >= 11 is 0. The van der Waals surface area contributed by atoms with Crippen LogP contribution in [0.1, 0.15) is 20.8 Å². The van der Waals surface area contributed by atoms with Gasteiger partial charge in [0.15, 0.2) is 0 Å². The molecule has 88 valence electrons. The van der Waals surface area contributed by atoms with Crippen molar-refractivity contribution in [2.45, 2.75) is 26.9 Å². The molecule has 0 aliphatic carbocycles. The standard InChI is InChI=1S/C12H23NO2/c1-6-13(7-2)8-12(14)9-15-11(5)10(3)4/h12,14H,3,5-9H2,1-2,4H3. The number of rotatable bonds is 8. The van der Waals surface area contributed by atoms with E-state index in [1.54, 1.807) is 0 Å². The van der Waals surface area contributed by atoms with Crippen molar-refractivity contribution >= 4 is 0 Å². The first-order valence-electron chi connectivity index (χ1n) is 5.39. The van der Waals surface area contributed by atoms with E-state index in [9.17, 15) is 5.11 Å². The van der Waals surface area contributed by atoms with Gasteiger partial charge < -0.3 is 14.7 Å². The molecule has 0 aromatic rings. The summed E-state index contributed by atoms with van der Waals surface area (Å²) < 4.78 is 5.28. The highest BCUT2D eigenvalue weighted by Crippen LogP contribution is 2.06. The SMILES string of the molecule is C=C(C)C(=C)OCC(O)CN(CC)CC. The normalized spacial score (nSPS) is 12.6. The second kappa shape index (κ2) is 7.49. The Bertz CT molecular complexity index is 210. The molecule has 0 aliphatic rings. The summed E-state index contributed by atoms with van der Waals surface area (Å²) in [7, 11) is 0. The van der Waals surface area contributed by atoms with Gasteiger partial charge in [-0.05, 0) is 25.6 Å². The number of ether oxygens (including phenoxy) is 1. The van der Waals surface area contributed by atoms with Gasteiger partial charge in [-0.15, -0.1) is 0 Å². The molecule has 0 aromatic heterocycles. The van der Waals surface area contributed by atoms with Crippen molar-refractivity contribution in [3.05, 3.63) is 24.5 Å². The molecule has 0 saturated heterocycles. The lowest BCUT2D eigenvalue weighted by Crippen LogP contribution is -2.34. The summed E-state index contributed by atoms with van der Waals surface area (Å²) in [6.07, 6.45) is -0.471. The molecule has 1 N–H and O–H groups in total. The van der Waals surface area contributed by atoms with E-state index in [2.05, 4.69) is 31.9 Å². The molecule has 3 nitrogen and oxygen atoms in total. The predicted molar refractivity (Wildman–Crippen MR) is 63.7 cm³/mol. The maximum absolute atomic E-state index is 9.68. The van der Waals surface area contributed by atoms with Crippen molar-refractivity contribution in [1.29, 1.82) is 0 Å². The Labute approximate surface area is 93.0 Å². The minimum atomic E-state index is -0.471. The number of aliphatic hydroxyl groups excluding tert-OH is 1. The summed E-state index contributed by atoms with van der Waals surface area (Å²) in [5, 5.41) is 9.68. The molecule has 0 rings (SSSR count). The minimum Gasteiger partial charge on any atom is -0.491 e. The summed E-state index contributed by atoms with van der Waals surface area (Å²) in [5.74, 6) is 0.550. The Balaban J connectivity index is 3.78. The molecule has 0 bridgehead atoms. The van der Waals surface area contributed by atoms with Gasteiger partial charge in [-0.25, -0.2) is 0 Å². The van der Waals surface area contributed by atoms with Crippen molar-refractivity contribution in [2.24, 2.45) is 0 Å². The van der Waals surface area contributed by atoms with Gasteiger partial charge in [-0.1, -0.05) is 27.0 Å². The lowest BCUT2D eigenvalue weighted by molar-refractivity contribution is 0.0478. The van der Waals surface area contributed by atoms with Crippen LogP contribution in [0.4, 0.5) is 0 Å². The number of nitrogens with zero attached hydrogens (tertiary/aromatic N) is 1. The highest BCUT2D eigenvalue weighted by atomic mass is 16.5. The van der Waals surface area contributed by atoms with Crippen molar-refractivity contribution in [1.82, 2.24) is 4.90 Å². The van der Waals surface area contributed by atoms with Crippen molar-refractivity contribution in [3.8, 4) is 0 Å². The fourth-order valence-corrected chi connectivity index (χ4v) is 1.15. The van der Waals surface area contributed by atoms with Crippen LogP contribution in [0, 0.1) is 0 Å². The monoisotopic (exact) mass is 213 g/mol. The van der Waals surface area contributed by atoms with Gasteiger partial charge in [-0.3, -0.25) is 0 Å². The molecule has 0 saturated carbocycles. The zero-order valence-electron chi connectivity index (χ0n) is 10.1. The fourth-order valence-electron chi connectivity index (χ4n) is 1.15. The van der Waals surface area contributed by atoms with Crippen LogP contribution in [0.25, 0.3) is 0 Å². The smallest absolute Gasteiger partial charge is 0.115 e. The van der Waals surface area contributed by atoms with E-state index in [1.165, 1.54) is 0 Å². The molecule has 0 amide bonds. The topological polar surface area (TPSA) is 32.7 Å². The zero-order chi connectivity index (χ0) is 11.8. The van der Waals surface area contributed by atoms with Crippen LogP contribution in [-0.4, -0.2) is 42.4 Å². The van der Waals surface area contributed by atoms with Crippen LogP contribution in [0.2, 0.25) is 0 Å². The third-order valence-electron chi connectivity index (χ3n) is 2.29. The van der Waals surface area contributed by atoms with Gasteiger partial charge in [-0.2, -0.15) is 0 Å². The first kappa shape index (κ1) is 14.2. The molecule has 3 heteroatoms. The highest BCUT2D eigenvalue weighted by molar-refractivity contribution is 5.15. The minimum absolute atomic E-state index is 0.280. The number of hydrogen-bond acceptors (Lipinski definition) is 3. The van der Waals surface area contributed by atoms with Gasteiger partial charge >= 0.3 is 0 Å². The second-order valence-corrected chi connectivity index (χ2v) is 3.65. The molecule has 0 spiro atoms. The van der Waals surface area contributed by atoms with Crippen LogP contribution >= 0.6 is 0 Å². The van der Waals surface area contributed by atoms with Crippen LogP contribution in [0.3, 0.4) is 0 Å². The van der Waals surface area contributed by atoms with Crippen LogP contribution in [0.15, 0.2) is 24.5 Å². The van der Waals surface area contributed by atoms with E-state index in [0.717, 1.165) is 18.7 Å².